The Hall–Kier alpha value is -0.390. The summed E-state index contributed by atoms with van der Waals surface area (Å²) in [5.74, 6) is 0.278. The molecule has 0 saturated carbocycles. The van der Waals surface area contributed by atoms with Crippen molar-refractivity contribution in [3.8, 4) is 5.75 Å². The van der Waals surface area contributed by atoms with E-state index in [1.165, 1.54) is 26.2 Å². The van der Waals surface area contributed by atoms with E-state index in [1.54, 1.807) is 6.07 Å². The van der Waals surface area contributed by atoms with Gasteiger partial charge in [0.2, 0.25) is 0 Å². The molecule has 1 aromatic carbocycles. The van der Waals surface area contributed by atoms with Gasteiger partial charge in [-0.25, -0.2) is 8.42 Å². The van der Waals surface area contributed by atoms with E-state index < -0.39 is 14.4 Å². The second kappa shape index (κ2) is 4.63. The Kier molecular flexibility index (Phi) is 3.92. The van der Waals surface area contributed by atoms with Crippen molar-refractivity contribution in [3.63, 3.8) is 0 Å². The van der Waals surface area contributed by atoms with Crippen LogP contribution in [-0.2, 0) is 9.84 Å². The Labute approximate surface area is 99.7 Å². The van der Waals surface area contributed by atoms with E-state index in [4.69, 9.17) is 16.3 Å². The van der Waals surface area contributed by atoms with Gasteiger partial charge >= 0.3 is 0 Å². The maximum absolute atomic E-state index is 11.8. The fourth-order valence-electron chi connectivity index (χ4n) is 1.06. The van der Waals surface area contributed by atoms with E-state index >= 15 is 0 Å². The molecule has 0 bridgehead atoms. The Bertz CT molecular complexity index is 454. The van der Waals surface area contributed by atoms with Crippen LogP contribution >= 0.6 is 24.2 Å². The van der Waals surface area contributed by atoms with Gasteiger partial charge in [-0.2, -0.15) is 12.6 Å². The lowest BCUT2D eigenvalue weighted by molar-refractivity contribution is 0.402. The van der Waals surface area contributed by atoms with Crippen LogP contribution in [0.25, 0.3) is 0 Å². The molecule has 1 unspecified atom stereocenters. The molecule has 1 rings (SSSR count). The first kappa shape index (κ1) is 12.7. The Balaban J connectivity index is 3.42. The quantitative estimate of drug-likeness (QED) is 0.855. The number of benzene rings is 1. The number of thiol groups is 1. The lowest BCUT2D eigenvalue weighted by Crippen LogP contribution is -2.12. The summed E-state index contributed by atoms with van der Waals surface area (Å²) in [5.41, 5.74) is 0. The maximum atomic E-state index is 11.8. The summed E-state index contributed by atoms with van der Waals surface area (Å²) in [5, 5.41) is 0.350. The van der Waals surface area contributed by atoms with Gasteiger partial charge in [0.05, 0.1) is 7.11 Å². The summed E-state index contributed by atoms with van der Waals surface area (Å²) in [6.45, 7) is 1.48. The van der Waals surface area contributed by atoms with E-state index in [-0.39, 0.29) is 10.6 Å². The molecule has 0 amide bonds. The molecule has 6 heteroatoms. The van der Waals surface area contributed by atoms with E-state index in [0.717, 1.165) is 0 Å². The summed E-state index contributed by atoms with van der Waals surface area (Å²) < 4.78 is 27.9. The highest BCUT2D eigenvalue weighted by Crippen LogP contribution is 2.30. The van der Waals surface area contributed by atoms with Crippen molar-refractivity contribution >= 4 is 34.1 Å². The zero-order valence-corrected chi connectivity index (χ0v) is 10.7. The lowest BCUT2D eigenvalue weighted by Gasteiger charge is -2.11. The molecule has 84 valence electrons. The topological polar surface area (TPSA) is 43.4 Å². The number of sulfone groups is 1. The molecular weight excluding hydrogens is 256 g/mol. The van der Waals surface area contributed by atoms with Crippen LogP contribution in [0.2, 0.25) is 5.02 Å². The largest absolute Gasteiger partial charge is 0.495 e. The minimum Gasteiger partial charge on any atom is -0.495 e. The SMILES string of the molecule is COc1ccc(Cl)cc1S(=O)(=O)C(C)S. The molecular formula is C9H11ClO3S2. The molecule has 0 fully saturated rings. The molecule has 0 N–H and O–H groups in total. The molecule has 0 aliphatic rings. The van der Waals surface area contributed by atoms with Crippen LogP contribution < -0.4 is 4.74 Å². The number of hydrogen-bond acceptors (Lipinski definition) is 4. The minimum absolute atomic E-state index is 0.0694. The molecule has 0 aromatic heterocycles. The highest BCUT2D eigenvalue weighted by atomic mass is 35.5. The van der Waals surface area contributed by atoms with Gasteiger partial charge in [-0.3, -0.25) is 0 Å². The predicted octanol–water partition coefficient (Wildman–Crippen LogP) is 2.40. The van der Waals surface area contributed by atoms with Gasteiger partial charge in [-0.1, -0.05) is 11.6 Å². The van der Waals surface area contributed by atoms with Crippen LogP contribution in [0.5, 0.6) is 5.75 Å². The van der Waals surface area contributed by atoms with Crippen LogP contribution in [0.1, 0.15) is 6.92 Å². The van der Waals surface area contributed by atoms with Gasteiger partial charge in [0.15, 0.2) is 9.84 Å². The third-order valence-electron chi connectivity index (χ3n) is 1.88. The van der Waals surface area contributed by atoms with Crippen molar-refractivity contribution in [1.29, 1.82) is 0 Å². The van der Waals surface area contributed by atoms with Crippen molar-refractivity contribution in [2.75, 3.05) is 7.11 Å². The monoisotopic (exact) mass is 266 g/mol. The van der Waals surface area contributed by atoms with Crippen molar-refractivity contribution in [2.24, 2.45) is 0 Å². The number of rotatable bonds is 3. The van der Waals surface area contributed by atoms with Crippen LogP contribution in [0.3, 0.4) is 0 Å². The van der Waals surface area contributed by atoms with Gasteiger partial charge in [0.1, 0.15) is 15.2 Å². The average molecular weight is 267 g/mol. The summed E-state index contributed by atoms with van der Waals surface area (Å²) in [6, 6.07) is 4.45. The second-order valence-electron chi connectivity index (χ2n) is 2.94. The summed E-state index contributed by atoms with van der Waals surface area (Å²) in [4.78, 5) is 0.0694. The number of hydrogen-bond donors (Lipinski definition) is 1. The Morgan fingerprint density at radius 2 is 2.07 bits per heavy atom. The number of halogens is 1. The molecule has 1 aromatic rings. The minimum atomic E-state index is -3.49. The molecule has 1 atom stereocenters. The average Bonchev–Trinajstić information content (AvgIpc) is 2.17. The molecule has 15 heavy (non-hydrogen) atoms. The van der Waals surface area contributed by atoms with Gasteiger partial charge in [0, 0.05) is 5.02 Å². The zero-order chi connectivity index (χ0) is 11.6. The van der Waals surface area contributed by atoms with E-state index in [1.807, 2.05) is 0 Å². The standard InChI is InChI=1S/C9H11ClO3S2/c1-6(14)15(11,12)9-5-7(10)3-4-8(9)13-2/h3-6,14H,1-2H3. The first-order valence-electron chi connectivity index (χ1n) is 4.15. The van der Waals surface area contributed by atoms with Crippen LogP contribution in [-0.4, -0.2) is 20.1 Å². The molecule has 3 nitrogen and oxygen atoms in total. The van der Waals surface area contributed by atoms with Crippen LogP contribution in [0, 0.1) is 0 Å². The van der Waals surface area contributed by atoms with Gasteiger partial charge in [-0.15, -0.1) is 0 Å². The fraction of sp³-hybridized carbons (Fsp3) is 0.333. The van der Waals surface area contributed by atoms with Crippen molar-refractivity contribution in [3.05, 3.63) is 23.2 Å². The maximum Gasteiger partial charge on any atom is 0.193 e. The van der Waals surface area contributed by atoms with Gasteiger partial charge < -0.3 is 4.74 Å². The lowest BCUT2D eigenvalue weighted by atomic mass is 10.3. The number of methoxy groups -OCH3 is 1. The predicted molar refractivity (Wildman–Crippen MR) is 63.6 cm³/mol. The molecule has 0 aliphatic carbocycles. The fourth-order valence-corrected chi connectivity index (χ4v) is 2.72. The Morgan fingerprint density at radius 1 is 1.47 bits per heavy atom. The van der Waals surface area contributed by atoms with Crippen molar-refractivity contribution in [2.45, 2.75) is 16.4 Å². The van der Waals surface area contributed by atoms with E-state index in [0.29, 0.717) is 5.02 Å². The third kappa shape index (κ3) is 2.59. The molecule has 0 aliphatic heterocycles. The normalized spacial score (nSPS) is 13.6. The molecule has 0 radical (unpaired) electrons. The van der Waals surface area contributed by atoms with Gasteiger partial charge in [0.25, 0.3) is 0 Å². The van der Waals surface area contributed by atoms with Crippen molar-refractivity contribution < 1.29 is 13.2 Å². The smallest absolute Gasteiger partial charge is 0.193 e. The first-order valence-corrected chi connectivity index (χ1v) is 6.59. The third-order valence-corrected chi connectivity index (χ3v) is 4.78. The van der Waals surface area contributed by atoms with E-state index in [9.17, 15) is 8.42 Å². The first-order chi connectivity index (χ1) is 6.89. The molecule has 0 heterocycles. The molecule has 0 saturated heterocycles. The summed E-state index contributed by atoms with van der Waals surface area (Å²) in [7, 11) is -2.08. The van der Waals surface area contributed by atoms with Gasteiger partial charge in [-0.05, 0) is 25.1 Å². The highest BCUT2D eigenvalue weighted by Gasteiger charge is 2.24. The summed E-state index contributed by atoms with van der Waals surface area (Å²) >= 11 is 9.66. The zero-order valence-electron chi connectivity index (χ0n) is 8.27. The number of ether oxygens (including phenoxy) is 1. The highest BCUT2D eigenvalue weighted by molar-refractivity contribution is 8.04. The van der Waals surface area contributed by atoms with Crippen LogP contribution in [0.15, 0.2) is 23.1 Å². The van der Waals surface area contributed by atoms with Crippen molar-refractivity contribution in [1.82, 2.24) is 0 Å². The summed E-state index contributed by atoms with van der Waals surface area (Å²) in [6.07, 6.45) is 0. The van der Waals surface area contributed by atoms with E-state index in [2.05, 4.69) is 12.6 Å². The Morgan fingerprint density at radius 3 is 2.53 bits per heavy atom. The molecule has 0 spiro atoms. The second-order valence-corrected chi connectivity index (χ2v) is 6.74. The van der Waals surface area contributed by atoms with Crippen LogP contribution in [0.4, 0.5) is 0 Å².